The minimum atomic E-state index is -4.69. The van der Waals surface area contributed by atoms with Crippen LogP contribution < -0.4 is 10.2 Å². The van der Waals surface area contributed by atoms with E-state index >= 15 is 0 Å². The average molecular weight is 909 g/mol. The molecule has 0 aliphatic rings. The molecular formula is C53H101N2O7P. The van der Waals surface area contributed by atoms with Crippen LogP contribution in [0.15, 0.2) is 36.5 Å². The smallest absolute Gasteiger partial charge is 0.306 e. The summed E-state index contributed by atoms with van der Waals surface area (Å²) in [6, 6.07) is -0.893. The van der Waals surface area contributed by atoms with Crippen LogP contribution in [0, 0.1) is 0 Å². The van der Waals surface area contributed by atoms with E-state index in [-0.39, 0.29) is 24.9 Å². The van der Waals surface area contributed by atoms with E-state index in [4.69, 9.17) is 13.8 Å². The number of rotatable bonds is 47. The van der Waals surface area contributed by atoms with E-state index in [0.717, 1.165) is 89.9 Å². The summed E-state index contributed by atoms with van der Waals surface area (Å²) >= 11 is 0. The molecule has 0 aliphatic carbocycles. The zero-order valence-corrected chi connectivity index (χ0v) is 42.9. The summed E-state index contributed by atoms with van der Waals surface area (Å²) in [4.78, 5) is 39.6. The number of carbonyl (C=O) groups is 2. The van der Waals surface area contributed by atoms with Crippen LogP contribution in [0.3, 0.4) is 0 Å². The Kier molecular flexibility index (Phi) is 42.8. The highest BCUT2D eigenvalue weighted by Crippen LogP contribution is 2.38. The molecule has 9 nitrogen and oxygen atoms in total. The van der Waals surface area contributed by atoms with Crippen molar-refractivity contribution in [2.24, 2.45) is 0 Å². The first-order valence-corrected chi connectivity index (χ1v) is 27.8. The molecule has 0 aromatic rings. The van der Waals surface area contributed by atoms with Crippen molar-refractivity contribution in [1.82, 2.24) is 5.32 Å². The molecule has 0 saturated heterocycles. The number of phosphoric ester groups is 1. The molecule has 0 saturated carbocycles. The maximum atomic E-state index is 13.4. The highest BCUT2D eigenvalue weighted by molar-refractivity contribution is 7.45. The summed E-state index contributed by atoms with van der Waals surface area (Å²) in [6.07, 6.45) is 49.6. The van der Waals surface area contributed by atoms with Gasteiger partial charge in [0, 0.05) is 12.8 Å². The van der Waals surface area contributed by atoms with Gasteiger partial charge in [0.05, 0.1) is 33.8 Å². The number of likely N-dealkylation sites (N-methyl/N-ethyl adjacent to an activating group) is 1. The first-order valence-electron chi connectivity index (χ1n) is 26.3. The lowest BCUT2D eigenvalue weighted by atomic mass is 10.0. The standard InChI is InChI=1S/C53H101N2O7P/c1-7-10-13-16-19-22-25-27-28-31-34-37-40-43-46-53(57)62-51(44-41-38-35-32-30-26-23-20-17-14-11-8-2)50(49-61-63(58,59)60-48-47-55(4,5)6)54-52(56)45-42-39-36-33-29-24-21-18-15-12-9-3/h18,21,28,31,41,44,50-51H,7-17,19-20,22-27,29-30,32-40,42-43,45-49H2,1-6H3,(H-,54,56,58,59)/b21-18-,31-28-,44-41+. The zero-order chi connectivity index (χ0) is 46.5. The third-order valence-corrected chi connectivity index (χ3v) is 12.5. The largest absolute Gasteiger partial charge is 0.756 e. The predicted octanol–water partition coefficient (Wildman–Crippen LogP) is 14.6. The first kappa shape index (κ1) is 61.2. The maximum absolute atomic E-state index is 13.4. The van der Waals surface area contributed by atoms with Crippen LogP contribution in [0.4, 0.5) is 0 Å². The first-order chi connectivity index (χ1) is 30.4. The molecule has 0 bridgehead atoms. The number of unbranched alkanes of at least 4 members (excludes halogenated alkanes) is 27. The second-order valence-corrected chi connectivity index (χ2v) is 20.4. The van der Waals surface area contributed by atoms with Gasteiger partial charge < -0.3 is 28.5 Å². The molecule has 3 unspecified atom stereocenters. The Balaban J connectivity index is 5.45. The van der Waals surface area contributed by atoms with E-state index < -0.39 is 26.6 Å². The molecule has 10 heteroatoms. The number of esters is 1. The van der Waals surface area contributed by atoms with Crippen LogP contribution in [0.1, 0.15) is 239 Å². The van der Waals surface area contributed by atoms with Gasteiger partial charge in [-0.25, -0.2) is 0 Å². The van der Waals surface area contributed by atoms with Gasteiger partial charge in [-0.3, -0.25) is 14.2 Å². The number of ether oxygens (including phenoxy) is 1. The highest BCUT2D eigenvalue weighted by Gasteiger charge is 2.27. The molecule has 0 fully saturated rings. The molecule has 370 valence electrons. The van der Waals surface area contributed by atoms with Gasteiger partial charge in [-0.2, -0.15) is 0 Å². The molecule has 1 N–H and O–H groups in total. The van der Waals surface area contributed by atoms with Crippen molar-refractivity contribution in [2.45, 2.75) is 251 Å². The van der Waals surface area contributed by atoms with E-state index in [0.29, 0.717) is 23.9 Å². The van der Waals surface area contributed by atoms with Crippen LogP contribution >= 0.6 is 7.82 Å². The number of hydrogen-bond acceptors (Lipinski definition) is 7. The topological polar surface area (TPSA) is 114 Å². The van der Waals surface area contributed by atoms with Gasteiger partial charge in [0.15, 0.2) is 0 Å². The lowest BCUT2D eigenvalue weighted by Gasteiger charge is -2.30. The highest BCUT2D eigenvalue weighted by atomic mass is 31.2. The van der Waals surface area contributed by atoms with Crippen molar-refractivity contribution in [2.75, 3.05) is 40.9 Å². The van der Waals surface area contributed by atoms with Gasteiger partial charge in [0.25, 0.3) is 7.82 Å². The van der Waals surface area contributed by atoms with Gasteiger partial charge in [-0.1, -0.05) is 186 Å². The zero-order valence-electron chi connectivity index (χ0n) is 42.0. The Morgan fingerprint density at radius 2 is 0.937 bits per heavy atom. The van der Waals surface area contributed by atoms with Gasteiger partial charge in [-0.05, 0) is 76.7 Å². The number of allylic oxidation sites excluding steroid dienone is 5. The number of quaternary nitrogens is 1. The van der Waals surface area contributed by atoms with Crippen molar-refractivity contribution < 1.29 is 37.3 Å². The summed E-state index contributed by atoms with van der Waals surface area (Å²) in [5, 5.41) is 3.00. The van der Waals surface area contributed by atoms with Crippen LogP contribution in [0.5, 0.6) is 0 Å². The van der Waals surface area contributed by atoms with E-state index in [1.165, 1.54) is 109 Å². The molecule has 0 aromatic heterocycles. The number of nitrogens with zero attached hydrogens (tertiary/aromatic N) is 1. The quantitative estimate of drug-likeness (QED) is 0.0213. The number of carbonyl (C=O) groups excluding carboxylic acids is 2. The van der Waals surface area contributed by atoms with Gasteiger partial charge in [0.1, 0.15) is 19.3 Å². The van der Waals surface area contributed by atoms with E-state index in [9.17, 15) is 19.0 Å². The van der Waals surface area contributed by atoms with Gasteiger partial charge >= 0.3 is 5.97 Å². The van der Waals surface area contributed by atoms with Crippen LogP contribution in [-0.4, -0.2) is 69.4 Å². The molecule has 0 spiro atoms. The lowest BCUT2D eigenvalue weighted by molar-refractivity contribution is -0.870. The molecule has 0 aromatic carbocycles. The summed E-state index contributed by atoms with van der Waals surface area (Å²) in [5.74, 6) is -0.569. The van der Waals surface area contributed by atoms with Crippen molar-refractivity contribution in [1.29, 1.82) is 0 Å². The normalized spacial score (nSPS) is 14.2. The Hall–Kier alpha value is -1.77. The fraction of sp³-hybridized carbons (Fsp3) is 0.849. The molecule has 63 heavy (non-hydrogen) atoms. The molecule has 0 aliphatic heterocycles. The van der Waals surface area contributed by atoms with Crippen molar-refractivity contribution in [3.63, 3.8) is 0 Å². The predicted molar refractivity (Wildman–Crippen MR) is 266 cm³/mol. The third-order valence-electron chi connectivity index (χ3n) is 11.5. The molecular weight excluding hydrogens is 808 g/mol. The summed E-state index contributed by atoms with van der Waals surface area (Å²) in [5.41, 5.74) is 0. The molecule has 1 amide bonds. The Morgan fingerprint density at radius 3 is 1.41 bits per heavy atom. The molecule has 0 heterocycles. The van der Waals surface area contributed by atoms with Crippen molar-refractivity contribution in [3.8, 4) is 0 Å². The minimum Gasteiger partial charge on any atom is -0.756 e. The Bertz CT molecular complexity index is 1180. The van der Waals surface area contributed by atoms with E-state index in [1.807, 2.05) is 33.3 Å². The Labute approximate surface area is 389 Å². The fourth-order valence-electron chi connectivity index (χ4n) is 7.38. The summed E-state index contributed by atoms with van der Waals surface area (Å²) < 4.78 is 30.1. The van der Waals surface area contributed by atoms with Crippen LogP contribution in [0.2, 0.25) is 0 Å². The van der Waals surface area contributed by atoms with Crippen LogP contribution in [0.25, 0.3) is 0 Å². The summed E-state index contributed by atoms with van der Waals surface area (Å²) in [7, 11) is 1.17. The molecule has 0 radical (unpaired) electrons. The second-order valence-electron chi connectivity index (χ2n) is 19.0. The minimum absolute atomic E-state index is 0.0252. The van der Waals surface area contributed by atoms with Gasteiger partial charge in [0.2, 0.25) is 5.91 Å². The van der Waals surface area contributed by atoms with E-state index in [1.54, 1.807) is 0 Å². The number of nitrogens with one attached hydrogen (secondary N) is 1. The van der Waals surface area contributed by atoms with Gasteiger partial charge in [-0.15, -0.1) is 0 Å². The van der Waals surface area contributed by atoms with Crippen LogP contribution in [-0.2, 0) is 27.9 Å². The third kappa shape index (κ3) is 45.2. The lowest BCUT2D eigenvalue weighted by Crippen LogP contribution is -2.47. The van der Waals surface area contributed by atoms with Crippen molar-refractivity contribution >= 4 is 19.7 Å². The summed E-state index contributed by atoms with van der Waals surface area (Å²) in [6.45, 7) is 6.77. The molecule has 3 atom stereocenters. The fourth-order valence-corrected chi connectivity index (χ4v) is 8.10. The van der Waals surface area contributed by atoms with Crippen molar-refractivity contribution in [3.05, 3.63) is 36.5 Å². The maximum Gasteiger partial charge on any atom is 0.306 e. The second kappa shape index (κ2) is 44.1. The Morgan fingerprint density at radius 1 is 0.540 bits per heavy atom. The SMILES string of the molecule is CCCC/C=C\CCCCCCCC(=O)NC(COP(=O)([O-])OCC[N+](C)(C)C)C(/C=C/CCCCCCCCCCCC)OC(=O)CCCCC/C=C\CCCCCCCCC. The number of amides is 1. The average Bonchev–Trinajstić information content (AvgIpc) is 3.23. The monoisotopic (exact) mass is 909 g/mol. The molecule has 0 rings (SSSR count). The van der Waals surface area contributed by atoms with E-state index in [2.05, 4.69) is 50.4 Å². The number of hydrogen-bond donors (Lipinski definition) is 1. The number of phosphoric acid groups is 1.